The van der Waals surface area contributed by atoms with Gasteiger partial charge in [0.1, 0.15) is 0 Å². The van der Waals surface area contributed by atoms with Crippen LogP contribution in [0.4, 0.5) is 0 Å². The van der Waals surface area contributed by atoms with E-state index >= 15 is 0 Å². The number of aromatic nitrogens is 2. The number of halogens is 1. The molecular weight excluding hydrogens is 190 g/mol. The van der Waals surface area contributed by atoms with Crippen molar-refractivity contribution >= 4 is 11.6 Å². The summed E-state index contributed by atoms with van der Waals surface area (Å²) in [6.07, 6.45) is 3.17. The molecule has 2 rings (SSSR count). The molecule has 0 bridgehead atoms. The van der Waals surface area contributed by atoms with Crippen molar-refractivity contribution in [2.75, 3.05) is 19.7 Å². The summed E-state index contributed by atoms with van der Waals surface area (Å²) in [5.74, 6) is 1.30. The summed E-state index contributed by atoms with van der Waals surface area (Å²) >= 11 is 5.53. The number of hydrogen-bond donors (Lipinski definition) is 1. The van der Waals surface area contributed by atoms with Gasteiger partial charge in [0.25, 0.3) is 0 Å². The van der Waals surface area contributed by atoms with Crippen molar-refractivity contribution in [3.05, 3.63) is 17.7 Å². The molecule has 1 aromatic rings. The Labute approximate surface area is 81.3 Å². The largest absolute Gasteiger partial charge is 0.490 e. The Balaban J connectivity index is 1.83. The van der Waals surface area contributed by atoms with E-state index in [0.717, 1.165) is 19.7 Å². The van der Waals surface area contributed by atoms with Gasteiger partial charge in [-0.1, -0.05) is 0 Å². The third-order valence-corrected chi connectivity index (χ3v) is 2.14. The van der Waals surface area contributed by atoms with Crippen LogP contribution in [0.5, 0.6) is 5.75 Å². The van der Waals surface area contributed by atoms with Crippen LogP contribution in [0.15, 0.2) is 12.4 Å². The van der Waals surface area contributed by atoms with Crippen molar-refractivity contribution in [3.63, 3.8) is 0 Å². The molecular formula is C8H10ClN3O. The molecule has 1 aromatic heterocycles. The zero-order valence-corrected chi connectivity index (χ0v) is 7.79. The van der Waals surface area contributed by atoms with E-state index in [0.29, 0.717) is 11.7 Å². The summed E-state index contributed by atoms with van der Waals surface area (Å²) in [5.41, 5.74) is 0. The van der Waals surface area contributed by atoms with Crippen molar-refractivity contribution in [2.24, 2.45) is 5.92 Å². The normalized spacial score (nSPS) is 16.7. The molecule has 5 heteroatoms. The van der Waals surface area contributed by atoms with Crippen LogP contribution >= 0.6 is 11.6 Å². The van der Waals surface area contributed by atoms with E-state index in [1.165, 1.54) is 0 Å². The Morgan fingerprint density at radius 1 is 1.46 bits per heavy atom. The molecule has 1 aliphatic heterocycles. The Hall–Kier alpha value is -0.870. The van der Waals surface area contributed by atoms with Crippen molar-refractivity contribution < 1.29 is 4.74 Å². The molecule has 1 saturated heterocycles. The fourth-order valence-corrected chi connectivity index (χ4v) is 1.15. The van der Waals surface area contributed by atoms with Crippen molar-refractivity contribution in [1.82, 2.24) is 15.3 Å². The average Bonchev–Trinajstić information content (AvgIpc) is 2.05. The van der Waals surface area contributed by atoms with E-state index in [1.807, 2.05) is 0 Å². The van der Waals surface area contributed by atoms with Crippen LogP contribution in [0, 0.1) is 5.92 Å². The molecule has 0 radical (unpaired) electrons. The van der Waals surface area contributed by atoms with Gasteiger partial charge in [-0.15, -0.1) is 0 Å². The first-order valence-electron chi connectivity index (χ1n) is 4.15. The van der Waals surface area contributed by atoms with Gasteiger partial charge in [0, 0.05) is 19.0 Å². The minimum Gasteiger partial charge on any atom is -0.490 e. The minimum atomic E-state index is 0.248. The zero-order chi connectivity index (χ0) is 9.10. The molecule has 0 atom stereocenters. The van der Waals surface area contributed by atoms with Crippen LogP contribution in [0.25, 0.3) is 0 Å². The topological polar surface area (TPSA) is 47.0 Å². The van der Waals surface area contributed by atoms with Crippen LogP contribution in [0.2, 0.25) is 5.28 Å². The van der Waals surface area contributed by atoms with Gasteiger partial charge in [-0.2, -0.15) is 0 Å². The monoisotopic (exact) mass is 199 g/mol. The molecule has 0 amide bonds. The van der Waals surface area contributed by atoms with Crippen molar-refractivity contribution in [3.8, 4) is 5.75 Å². The third kappa shape index (κ3) is 2.29. The summed E-state index contributed by atoms with van der Waals surface area (Å²) in [7, 11) is 0. The number of nitrogens with zero attached hydrogens (tertiary/aromatic N) is 2. The SMILES string of the molecule is Clc1ncc(OCC2CNC2)cn1. The molecule has 0 spiro atoms. The summed E-state index contributed by atoms with van der Waals surface area (Å²) in [6.45, 7) is 2.79. The molecule has 0 unspecified atom stereocenters. The van der Waals surface area contributed by atoms with Gasteiger partial charge in [-0.25, -0.2) is 9.97 Å². The van der Waals surface area contributed by atoms with E-state index in [-0.39, 0.29) is 5.28 Å². The van der Waals surface area contributed by atoms with Crippen molar-refractivity contribution in [2.45, 2.75) is 0 Å². The second-order valence-electron chi connectivity index (χ2n) is 3.02. The lowest BCUT2D eigenvalue weighted by molar-refractivity contribution is 0.198. The smallest absolute Gasteiger partial charge is 0.222 e. The van der Waals surface area contributed by atoms with Gasteiger partial charge >= 0.3 is 0 Å². The Morgan fingerprint density at radius 2 is 2.15 bits per heavy atom. The first kappa shape index (κ1) is 8.72. The lowest BCUT2D eigenvalue weighted by Gasteiger charge is -2.26. The van der Waals surface area contributed by atoms with E-state index in [1.54, 1.807) is 12.4 Å². The maximum absolute atomic E-state index is 5.53. The highest BCUT2D eigenvalue weighted by Crippen LogP contribution is 2.11. The minimum absolute atomic E-state index is 0.248. The second kappa shape index (κ2) is 3.89. The van der Waals surface area contributed by atoms with Gasteiger partial charge in [-0.3, -0.25) is 0 Å². The molecule has 70 valence electrons. The molecule has 1 fully saturated rings. The van der Waals surface area contributed by atoms with Gasteiger partial charge in [0.15, 0.2) is 5.75 Å². The molecule has 4 nitrogen and oxygen atoms in total. The Morgan fingerprint density at radius 3 is 2.69 bits per heavy atom. The quantitative estimate of drug-likeness (QED) is 0.730. The van der Waals surface area contributed by atoms with E-state index in [2.05, 4.69) is 15.3 Å². The van der Waals surface area contributed by atoms with Crippen LogP contribution in [-0.4, -0.2) is 29.7 Å². The third-order valence-electron chi connectivity index (χ3n) is 1.95. The summed E-state index contributed by atoms with van der Waals surface area (Å²) in [6, 6.07) is 0. The van der Waals surface area contributed by atoms with Crippen LogP contribution in [-0.2, 0) is 0 Å². The molecule has 1 N–H and O–H groups in total. The Bertz CT molecular complexity index is 273. The van der Waals surface area contributed by atoms with Crippen molar-refractivity contribution in [1.29, 1.82) is 0 Å². The van der Waals surface area contributed by atoms with Crippen LogP contribution in [0.3, 0.4) is 0 Å². The second-order valence-corrected chi connectivity index (χ2v) is 3.36. The molecule has 1 aliphatic rings. The predicted octanol–water partition coefficient (Wildman–Crippen LogP) is 0.728. The molecule has 13 heavy (non-hydrogen) atoms. The Kier molecular flexibility index (Phi) is 2.61. The summed E-state index contributed by atoms with van der Waals surface area (Å²) in [5, 5.41) is 3.42. The molecule has 0 aromatic carbocycles. The summed E-state index contributed by atoms with van der Waals surface area (Å²) < 4.78 is 5.44. The summed E-state index contributed by atoms with van der Waals surface area (Å²) in [4.78, 5) is 7.63. The first-order valence-corrected chi connectivity index (χ1v) is 4.53. The van der Waals surface area contributed by atoms with Gasteiger partial charge < -0.3 is 10.1 Å². The standard InChI is InChI=1S/C8H10ClN3O/c9-8-11-3-7(4-12-8)13-5-6-1-10-2-6/h3-4,6,10H,1-2,5H2. The highest BCUT2D eigenvalue weighted by molar-refractivity contribution is 6.28. The van der Waals surface area contributed by atoms with Gasteiger partial charge in [-0.05, 0) is 11.6 Å². The predicted molar refractivity (Wildman–Crippen MR) is 48.9 cm³/mol. The number of rotatable bonds is 3. The lowest BCUT2D eigenvalue weighted by atomic mass is 10.1. The number of nitrogens with one attached hydrogen (secondary N) is 1. The molecule has 2 heterocycles. The maximum Gasteiger partial charge on any atom is 0.222 e. The zero-order valence-electron chi connectivity index (χ0n) is 7.03. The number of ether oxygens (including phenoxy) is 1. The first-order chi connectivity index (χ1) is 6.34. The fraction of sp³-hybridized carbons (Fsp3) is 0.500. The van der Waals surface area contributed by atoms with Crippen LogP contribution in [0.1, 0.15) is 0 Å². The highest BCUT2D eigenvalue weighted by Gasteiger charge is 2.16. The lowest BCUT2D eigenvalue weighted by Crippen LogP contribution is -2.45. The van der Waals surface area contributed by atoms with Gasteiger partial charge in [0.2, 0.25) is 5.28 Å². The number of hydrogen-bond acceptors (Lipinski definition) is 4. The van der Waals surface area contributed by atoms with Gasteiger partial charge in [0.05, 0.1) is 19.0 Å². The van der Waals surface area contributed by atoms with E-state index in [9.17, 15) is 0 Å². The fourth-order valence-electron chi connectivity index (χ4n) is 1.06. The van der Waals surface area contributed by atoms with E-state index < -0.39 is 0 Å². The maximum atomic E-state index is 5.53. The molecule has 0 saturated carbocycles. The molecule has 0 aliphatic carbocycles. The van der Waals surface area contributed by atoms with Crippen LogP contribution < -0.4 is 10.1 Å². The van der Waals surface area contributed by atoms with E-state index in [4.69, 9.17) is 16.3 Å². The average molecular weight is 200 g/mol. The highest BCUT2D eigenvalue weighted by atomic mass is 35.5.